The van der Waals surface area contributed by atoms with Crippen molar-refractivity contribution in [2.45, 2.75) is 0 Å². The predicted octanol–water partition coefficient (Wildman–Crippen LogP) is 0.178. The van der Waals surface area contributed by atoms with E-state index in [1.165, 1.54) is 0 Å². The molecule has 5 heavy (non-hydrogen) atoms. The Morgan fingerprint density at radius 3 is 0.800 bits per heavy atom. The molecule has 0 aromatic rings. The second kappa shape index (κ2) is 66.2. The van der Waals surface area contributed by atoms with Crippen molar-refractivity contribution in [3.05, 3.63) is 0 Å². The van der Waals surface area contributed by atoms with E-state index in [2.05, 4.69) is 0 Å². The van der Waals surface area contributed by atoms with E-state index < -0.39 is 0 Å². The molecule has 0 aromatic heterocycles. The minimum absolute atomic E-state index is 0. The minimum atomic E-state index is 0. The third-order valence-electron chi connectivity index (χ3n) is 0. The molecule has 42 valence electrons. The number of hydrogen-bond acceptors (Lipinski definition) is 1. The van der Waals surface area contributed by atoms with Crippen molar-refractivity contribution in [1.82, 2.24) is 6.15 Å². The van der Waals surface area contributed by atoms with Crippen molar-refractivity contribution in [2.75, 3.05) is 0 Å². The first-order chi connectivity index (χ1) is 0. The van der Waals surface area contributed by atoms with Crippen molar-refractivity contribution in [1.29, 1.82) is 0 Å². The molecule has 0 radical (unpaired) electrons. The van der Waals surface area contributed by atoms with Gasteiger partial charge in [0.2, 0.25) is 0 Å². The first-order valence-corrected chi connectivity index (χ1v) is 0. The van der Waals surface area contributed by atoms with Gasteiger partial charge in [0, 0.05) is 20.4 Å². The predicted molar refractivity (Wildman–Crippen MR) is 23.1 cm³/mol. The van der Waals surface area contributed by atoms with Gasteiger partial charge >= 0.3 is 0 Å². The molecule has 0 heterocycles. The molecule has 0 aliphatic rings. The molecule has 0 aromatic carbocycles. The van der Waals surface area contributed by atoms with Gasteiger partial charge in [-0.2, -0.15) is 0 Å². The van der Waals surface area contributed by atoms with Crippen molar-refractivity contribution < 1.29 is 25.9 Å². The molecule has 0 aliphatic carbocycles. The summed E-state index contributed by atoms with van der Waals surface area (Å²) in [4.78, 5) is 0. The molecule has 0 bridgehead atoms. The number of hydrogen-bond donors (Lipinski definition) is 1. The summed E-state index contributed by atoms with van der Waals surface area (Å²) in [7, 11) is 0. The van der Waals surface area contributed by atoms with Crippen molar-refractivity contribution in [2.24, 2.45) is 0 Å². The fraction of sp³-hybridized carbons (Fsp3) is 0. The molecule has 0 fully saturated rings. The van der Waals surface area contributed by atoms with E-state index in [0.717, 1.165) is 0 Å². The van der Waals surface area contributed by atoms with Gasteiger partial charge in [0.25, 0.3) is 0 Å². The summed E-state index contributed by atoms with van der Waals surface area (Å²) in [5.74, 6) is 0. The Hall–Kier alpha value is 1.16. The average Bonchev–Trinajstić information content (AvgIpc) is 0. The Labute approximate surface area is 57.1 Å². The average molecular weight is 214 g/mol. The first kappa shape index (κ1) is 122. The zero-order valence-electron chi connectivity index (χ0n) is 2.34. The van der Waals surface area contributed by atoms with E-state index in [1.807, 2.05) is 0 Å². The summed E-state index contributed by atoms with van der Waals surface area (Å²) in [5.41, 5.74) is 0. The summed E-state index contributed by atoms with van der Waals surface area (Å²) >= 11 is 0. The van der Waals surface area contributed by atoms with Crippen molar-refractivity contribution in [3.63, 3.8) is 0 Å². The van der Waals surface area contributed by atoms with Crippen LogP contribution < -0.4 is 6.15 Å². The summed E-state index contributed by atoms with van der Waals surface area (Å²) in [5, 5.41) is 0. The Bertz CT molecular complexity index is 9.61. The molecule has 0 unspecified atom stereocenters. The summed E-state index contributed by atoms with van der Waals surface area (Å²) in [6.45, 7) is 0. The quantitative estimate of drug-likeness (QED) is 0.574. The van der Waals surface area contributed by atoms with E-state index in [9.17, 15) is 0 Å². The van der Waals surface area contributed by atoms with Crippen LogP contribution in [0.15, 0.2) is 0 Å². The molecular formula is H7Cl2NOPd. The number of rotatable bonds is 0. The molecule has 0 atom stereocenters. The number of halogens is 2. The van der Waals surface area contributed by atoms with E-state index in [4.69, 9.17) is 0 Å². The van der Waals surface area contributed by atoms with Crippen LogP contribution in [-0.2, 0) is 20.4 Å². The zero-order chi connectivity index (χ0) is 0. The molecule has 0 aliphatic heterocycles. The Balaban J connectivity index is 0. The SMILES string of the molecule is Cl.Cl.N.O.[Pd]. The van der Waals surface area contributed by atoms with Crippen LogP contribution in [0, 0.1) is 0 Å². The van der Waals surface area contributed by atoms with Crippen LogP contribution in [0.1, 0.15) is 0 Å². The van der Waals surface area contributed by atoms with E-state index in [1.54, 1.807) is 0 Å². The largest absolute Gasteiger partial charge is 0.412 e. The van der Waals surface area contributed by atoms with Gasteiger partial charge in [-0.1, -0.05) is 0 Å². The van der Waals surface area contributed by atoms with Crippen molar-refractivity contribution >= 4 is 24.8 Å². The molecule has 5 N–H and O–H groups in total. The van der Waals surface area contributed by atoms with Gasteiger partial charge in [0.1, 0.15) is 0 Å². The second-order valence-corrected chi connectivity index (χ2v) is 0. The maximum atomic E-state index is 0. The van der Waals surface area contributed by atoms with E-state index in [-0.39, 0.29) is 56.9 Å². The second-order valence-electron chi connectivity index (χ2n) is 0. The molecule has 0 rings (SSSR count). The summed E-state index contributed by atoms with van der Waals surface area (Å²) in [6, 6.07) is 0. The van der Waals surface area contributed by atoms with Gasteiger partial charge in [0.05, 0.1) is 0 Å². The third kappa shape index (κ3) is 38.2. The van der Waals surface area contributed by atoms with Gasteiger partial charge < -0.3 is 11.6 Å². The minimum Gasteiger partial charge on any atom is -0.412 e. The van der Waals surface area contributed by atoms with E-state index >= 15 is 0 Å². The van der Waals surface area contributed by atoms with Gasteiger partial charge in [-0.25, -0.2) is 0 Å². The fourth-order valence-electron chi connectivity index (χ4n) is 0. The molecule has 0 saturated carbocycles. The van der Waals surface area contributed by atoms with Gasteiger partial charge in [-0.15, -0.1) is 24.8 Å². The Morgan fingerprint density at radius 1 is 0.800 bits per heavy atom. The van der Waals surface area contributed by atoms with E-state index in [0.29, 0.717) is 0 Å². The Kier molecular flexibility index (Phi) is 1610. The maximum Gasteiger partial charge on any atom is 0 e. The van der Waals surface area contributed by atoms with Crippen molar-refractivity contribution in [3.8, 4) is 0 Å². The smallest absolute Gasteiger partial charge is 0 e. The van der Waals surface area contributed by atoms with Crippen LogP contribution in [0.25, 0.3) is 0 Å². The monoisotopic (exact) mass is 213 g/mol. The third-order valence-corrected chi connectivity index (χ3v) is 0. The van der Waals surface area contributed by atoms with Crippen LogP contribution in [0.4, 0.5) is 0 Å². The normalized spacial score (nSPS) is 0. The fourth-order valence-corrected chi connectivity index (χ4v) is 0. The van der Waals surface area contributed by atoms with Crippen LogP contribution in [-0.4, -0.2) is 5.48 Å². The molecule has 0 amide bonds. The zero-order valence-corrected chi connectivity index (χ0v) is 5.53. The maximum absolute atomic E-state index is 0. The first-order valence-electron chi connectivity index (χ1n) is 0. The van der Waals surface area contributed by atoms with Gasteiger partial charge in [0.15, 0.2) is 0 Å². The van der Waals surface area contributed by atoms with Crippen LogP contribution in [0.5, 0.6) is 0 Å². The van der Waals surface area contributed by atoms with Gasteiger partial charge in [-0.05, 0) is 0 Å². The summed E-state index contributed by atoms with van der Waals surface area (Å²) in [6.07, 6.45) is 0. The Morgan fingerprint density at radius 2 is 0.800 bits per heavy atom. The molecule has 2 nitrogen and oxygen atoms in total. The molecular weight excluding hydrogens is 207 g/mol. The van der Waals surface area contributed by atoms with Crippen LogP contribution >= 0.6 is 24.8 Å². The van der Waals surface area contributed by atoms with Crippen LogP contribution in [0.2, 0.25) is 0 Å². The van der Waals surface area contributed by atoms with Gasteiger partial charge in [-0.3, -0.25) is 0 Å². The molecule has 0 saturated heterocycles. The molecule has 5 heteroatoms. The van der Waals surface area contributed by atoms with Crippen LogP contribution in [0.3, 0.4) is 0 Å². The topological polar surface area (TPSA) is 66.5 Å². The standard InChI is InChI=1S/2ClH.H3N.H2O.Pd/h2*1H;1H3;1H2;. The summed E-state index contributed by atoms with van der Waals surface area (Å²) < 4.78 is 0. The molecule has 0 spiro atoms.